The molecule has 1 aromatic heterocycles. The molecule has 0 saturated carbocycles. The van der Waals surface area contributed by atoms with Crippen molar-refractivity contribution < 1.29 is 15.0 Å². The highest BCUT2D eigenvalue weighted by Gasteiger charge is 2.37. The van der Waals surface area contributed by atoms with Crippen LogP contribution in [0.3, 0.4) is 0 Å². The van der Waals surface area contributed by atoms with E-state index in [1.165, 1.54) is 0 Å². The molecule has 1 aliphatic rings. The molecule has 3 rings (SSSR count). The van der Waals surface area contributed by atoms with Gasteiger partial charge in [0.1, 0.15) is 5.60 Å². The molecule has 0 spiro atoms. The molecule has 0 unspecified atom stereocenters. The number of carbonyl (C=O) groups is 1. The number of β-amino-alcohol motifs (C(OH)–C–C–N with tert-alkyl or cyclic N) is 1. The molecule has 2 aromatic rings. The van der Waals surface area contributed by atoms with Gasteiger partial charge < -0.3 is 10.2 Å². The monoisotopic (exact) mass is 315 g/mol. The lowest BCUT2D eigenvalue weighted by atomic mass is 9.93. The summed E-state index contributed by atoms with van der Waals surface area (Å²) in [5, 5.41) is 23.7. The van der Waals surface area contributed by atoms with E-state index in [0.717, 1.165) is 17.7 Å². The van der Waals surface area contributed by atoms with Gasteiger partial charge in [0.2, 0.25) is 0 Å². The Bertz CT molecular complexity index is 671. The van der Waals surface area contributed by atoms with Gasteiger partial charge in [-0.2, -0.15) is 5.10 Å². The van der Waals surface area contributed by atoms with Crippen LogP contribution in [0.15, 0.2) is 42.7 Å². The van der Waals surface area contributed by atoms with E-state index in [9.17, 15) is 9.90 Å². The topological polar surface area (TPSA) is 78.6 Å². The Balaban J connectivity index is 1.59. The van der Waals surface area contributed by atoms with Crippen LogP contribution < -0.4 is 0 Å². The van der Waals surface area contributed by atoms with Crippen molar-refractivity contribution in [1.82, 2.24) is 14.7 Å². The number of aliphatic hydroxyl groups is 1. The van der Waals surface area contributed by atoms with Crippen LogP contribution in [0.4, 0.5) is 0 Å². The zero-order chi connectivity index (χ0) is 16.3. The Morgan fingerprint density at radius 2 is 2.09 bits per heavy atom. The molecule has 122 valence electrons. The van der Waals surface area contributed by atoms with Gasteiger partial charge in [-0.15, -0.1) is 0 Å². The van der Waals surface area contributed by atoms with E-state index in [-0.39, 0.29) is 6.42 Å². The van der Waals surface area contributed by atoms with Crippen molar-refractivity contribution >= 4 is 5.97 Å². The number of carboxylic acids is 1. The third-order valence-electron chi connectivity index (χ3n) is 4.29. The minimum atomic E-state index is -0.825. The molecule has 1 aromatic carbocycles. The minimum Gasteiger partial charge on any atom is -0.481 e. The van der Waals surface area contributed by atoms with Gasteiger partial charge >= 0.3 is 5.97 Å². The first-order valence-electron chi connectivity index (χ1n) is 7.78. The number of rotatable bonds is 6. The number of likely N-dealkylation sites (tertiary alicyclic amines) is 1. The van der Waals surface area contributed by atoms with Gasteiger partial charge in [-0.25, -0.2) is 0 Å². The predicted molar refractivity (Wildman–Crippen MR) is 84.7 cm³/mol. The van der Waals surface area contributed by atoms with Crippen LogP contribution >= 0.6 is 0 Å². The molecule has 1 fully saturated rings. The second-order valence-electron chi connectivity index (χ2n) is 6.11. The molecule has 1 atom stereocenters. The lowest BCUT2D eigenvalue weighted by Crippen LogP contribution is -2.30. The number of carboxylic acid groups (broad SMARTS) is 1. The van der Waals surface area contributed by atoms with E-state index < -0.39 is 11.6 Å². The molecule has 1 saturated heterocycles. The quantitative estimate of drug-likeness (QED) is 0.843. The normalized spacial score (nSPS) is 21.6. The molecule has 6 heteroatoms. The summed E-state index contributed by atoms with van der Waals surface area (Å²) < 4.78 is 1.66. The van der Waals surface area contributed by atoms with Crippen molar-refractivity contribution in [3.05, 3.63) is 53.9 Å². The summed E-state index contributed by atoms with van der Waals surface area (Å²) in [4.78, 5) is 12.8. The first kappa shape index (κ1) is 15.7. The second kappa shape index (κ2) is 6.52. The first-order valence-corrected chi connectivity index (χ1v) is 7.78. The van der Waals surface area contributed by atoms with E-state index in [1.807, 2.05) is 36.5 Å². The van der Waals surface area contributed by atoms with Crippen LogP contribution in [-0.2, 0) is 23.5 Å². The molecule has 6 nitrogen and oxygen atoms in total. The van der Waals surface area contributed by atoms with E-state index in [1.54, 1.807) is 10.9 Å². The van der Waals surface area contributed by atoms with E-state index in [0.29, 0.717) is 26.1 Å². The van der Waals surface area contributed by atoms with E-state index >= 15 is 0 Å². The maximum Gasteiger partial charge on any atom is 0.305 e. The third-order valence-corrected chi connectivity index (χ3v) is 4.29. The van der Waals surface area contributed by atoms with Crippen LogP contribution in [0, 0.1) is 0 Å². The summed E-state index contributed by atoms with van der Waals surface area (Å²) in [6.07, 6.45) is 4.42. The zero-order valence-electron chi connectivity index (χ0n) is 12.9. The maximum atomic E-state index is 10.8. The highest BCUT2D eigenvalue weighted by Crippen LogP contribution is 2.32. The molecule has 2 heterocycles. The molecule has 2 N–H and O–H groups in total. The summed E-state index contributed by atoms with van der Waals surface area (Å²) >= 11 is 0. The van der Waals surface area contributed by atoms with Gasteiger partial charge in [0.25, 0.3) is 0 Å². The number of benzene rings is 1. The van der Waals surface area contributed by atoms with Crippen molar-refractivity contribution in [1.29, 1.82) is 0 Å². The highest BCUT2D eigenvalue weighted by atomic mass is 16.4. The number of aliphatic carboxylic acids is 1. The SMILES string of the molecule is O=C(O)CCn1cc(CN2CC[C@](O)(c3ccccc3)C2)cn1. The Morgan fingerprint density at radius 3 is 2.83 bits per heavy atom. The smallest absolute Gasteiger partial charge is 0.305 e. The Kier molecular flexibility index (Phi) is 4.45. The van der Waals surface area contributed by atoms with E-state index in [4.69, 9.17) is 5.11 Å². The average Bonchev–Trinajstić information content (AvgIpc) is 3.14. The third kappa shape index (κ3) is 3.78. The molecule has 0 amide bonds. The fraction of sp³-hybridized carbons (Fsp3) is 0.412. The van der Waals surface area contributed by atoms with Crippen LogP contribution in [0.1, 0.15) is 24.0 Å². The fourth-order valence-electron chi connectivity index (χ4n) is 3.07. The van der Waals surface area contributed by atoms with Crippen LogP contribution in [0.2, 0.25) is 0 Å². The molecule has 1 aliphatic heterocycles. The molecular formula is C17H21N3O3. The Labute approximate surface area is 135 Å². The summed E-state index contributed by atoms with van der Waals surface area (Å²) in [7, 11) is 0. The molecule has 0 bridgehead atoms. The largest absolute Gasteiger partial charge is 0.481 e. The van der Waals surface area contributed by atoms with Crippen molar-refractivity contribution in [3.63, 3.8) is 0 Å². The fourth-order valence-corrected chi connectivity index (χ4v) is 3.07. The number of hydrogen-bond donors (Lipinski definition) is 2. The van der Waals surface area contributed by atoms with Gasteiger partial charge in [-0.05, 0) is 12.0 Å². The highest BCUT2D eigenvalue weighted by molar-refractivity contribution is 5.66. The minimum absolute atomic E-state index is 0.0680. The molecule has 0 aliphatic carbocycles. The maximum absolute atomic E-state index is 10.8. The predicted octanol–water partition coefficient (Wildman–Crippen LogP) is 1.45. The van der Waals surface area contributed by atoms with Gasteiger partial charge in [-0.1, -0.05) is 30.3 Å². The summed E-state index contributed by atoms with van der Waals surface area (Å²) in [6, 6.07) is 9.77. The van der Waals surface area contributed by atoms with Crippen molar-refractivity contribution in [2.24, 2.45) is 0 Å². The summed E-state index contributed by atoms with van der Waals surface area (Å²) in [6.45, 7) is 2.51. The average molecular weight is 315 g/mol. The van der Waals surface area contributed by atoms with Gasteiger partial charge in [-0.3, -0.25) is 14.4 Å². The summed E-state index contributed by atoms with van der Waals surface area (Å²) in [5.41, 5.74) is 1.20. The van der Waals surface area contributed by atoms with Crippen LogP contribution in [-0.4, -0.2) is 44.0 Å². The Hall–Kier alpha value is -2.18. The lowest BCUT2D eigenvalue weighted by molar-refractivity contribution is -0.137. The number of aromatic nitrogens is 2. The van der Waals surface area contributed by atoms with Crippen molar-refractivity contribution in [2.75, 3.05) is 13.1 Å². The molecule has 0 radical (unpaired) electrons. The van der Waals surface area contributed by atoms with Gasteiger partial charge in [0.05, 0.1) is 19.2 Å². The second-order valence-corrected chi connectivity index (χ2v) is 6.11. The molecular weight excluding hydrogens is 294 g/mol. The number of hydrogen-bond acceptors (Lipinski definition) is 4. The zero-order valence-corrected chi connectivity index (χ0v) is 12.9. The molecule has 23 heavy (non-hydrogen) atoms. The summed E-state index contributed by atoms with van der Waals surface area (Å²) in [5.74, 6) is -0.825. The Morgan fingerprint density at radius 1 is 1.30 bits per heavy atom. The van der Waals surface area contributed by atoms with E-state index in [2.05, 4.69) is 10.00 Å². The number of nitrogens with zero attached hydrogens (tertiary/aromatic N) is 3. The van der Waals surface area contributed by atoms with Crippen molar-refractivity contribution in [2.45, 2.75) is 31.5 Å². The van der Waals surface area contributed by atoms with Crippen molar-refractivity contribution in [3.8, 4) is 0 Å². The first-order chi connectivity index (χ1) is 11.0. The lowest BCUT2D eigenvalue weighted by Gasteiger charge is -2.23. The standard InChI is InChI=1S/C17H21N3O3/c21-16(22)6-8-20-12-14(10-18-20)11-19-9-7-17(23,13-19)15-4-2-1-3-5-15/h1-5,10,12,23H,6-9,11,13H2,(H,21,22)/t17-/m1/s1. The van der Waals surface area contributed by atoms with Gasteiger partial charge in [0, 0.05) is 31.4 Å². The number of aryl methyl sites for hydroxylation is 1. The van der Waals surface area contributed by atoms with Crippen LogP contribution in [0.5, 0.6) is 0 Å². The van der Waals surface area contributed by atoms with Crippen LogP contribution in [0.25, 0.3) is 0 Å². The van der Waals surface area contributed by atoms with Gasteiger partial charge in [0.15, 0.2) is 0 Å².